The van der Waals surface area contributed by atoms with E-state index < -0.39 is 0 Å². The van der Waals surface area contributed by atoms with Crippen molar-refractivity contribution >= 4 is 17.4 Å². The summed E-state index contributed by atoms with van der Waals surface area (Å²) >= 11 is 5.40. The Morgan fingerprint density at radius 1 is 1.33 bits per heavy atom. The van der Waals surface area contributed by atoms with Gasteiger partial charge in [-0.2, -0.15) is 0 Å². The average molecular weight is 222 g/mol. The number of ketones is 1. The van der Waals surface area contributed by atoms with Crippen molar-refractivity contribution in [1.29, 1.82) is 0 Å². The van der Waals surface area contributed by atoms with E-state index >= 15 is 0 Å². The Labute approximate surface area is 91.6 Å². The molecule has 0 bridgehead atoms. The first-order valence-corrected chi connectivity index (χ1v) is 4.96. The number of hydrogen-bond acceptors (Lipinski definition) is 3. The highest BCUT2D eigenvalue weighted by molar-refractivity contribution is 6.30. The van der Waals surface area contributed by atoms with Gasteiger partial charge in [0.15, 0.2) is 0 Å². The van der Waals surface area contributed by atoms with Crippen LogP contribution in [0.25, 0.3) is 11.3 Å². The minimum absolute atomic E-state index is 0.0938. The lowest BCUT2D eigenvalue weighted by Gasteiger charge is -1.91. The zero-order chi connectivity index (χ0) is 10.7. The van der Waals surface area contributed by atoms with Crippen molar-refractivity contribution in [3.05, 3.63) is 42.2 Å². The molecule has 1 heterocycles. The van der Waals surface area contributed by atoms with Crippen LogP contribution in [-0.2, 0) is 0 Å². The quantitative estimate of drug-likeness (QED) is 0.591. The molecule has 0 aliphatic carbocycles. The summed E-state index contributed by atoms with van der Waals surface area (Å²) in [6.45, 7) is 0. The van der Waals surface area contributed by atoms with Crippen LogP contribution in [0.3, 0.4) is 0 Å². The van der Waals surface area contributed by atoms with E-state index in [2.05, 4.69) is 5.16 Å². The maximum absolute atomic E-state index is 11.2. The van der Waals surface area contributed by atoms with Crippen LogP contribution < -0.4 is 0 Å². The molecule has 4 heteroatoms. The highest BCUT2D eigenvalue weighted by Crippen LogP contribution is 2.18. The number of alkyl halides is 1. The fourth-order valence-electron chi connectivity index (χ4n) is 1.22. The monoisotopic (exact) mass is 221 g/mol. The first-order chi connectivity index (χ1) is 7.31. The lowest BCUT2D eigenvalue weighted by Crippen LogP contribution is -1.96. The van der Waals surface area contributed by atoms with E-state index in [0.29, 0.717) is 5.69 Å². The third-order valence-corrected chi connectivity index (χ3v) is 2.22. The van der Waals surface area contributed by atoms with Gasteiger partial charge in [-0.15, -0.1) is 11.6 Å². The zero-order valence-electron chi connectivity index (χ0n) is 7.81. The minimum Gasteiger partial charge on any atom is -0.352 e. The van der Waals surface area contributed by atoms with Gasteiger partial charge < -0.3 is 4.52 Å². The maximum Gasteiger partial charge on any atom is 0.215 e. The predicted molar refractivity (Wildman–Crippen MR) is 57.0 cm³/mol. The van der Waals surface area contributed by atoms with E-state index in [0.717, 1.165) is 5.56 Å². The molecule has 3 nitrogen and oxygen atoms in total. The molecule has 2 aromatic rings. The molecule has 0 atom stereocenters. The van der Waals surface area contributed by atoms with Crippen LogP contribution in [0.5, 0.6) is 0 Å². The number of Topliss-reactive ketones (excluding diaryl/α,β-unsaturated/α-hetero) is 1. The number of aromatic nitrogens is 1. The molecule has 0 N–H and O–H groups in total. The van der Waals surface area contributed by atoms with E-state index in [1.54, 1.807) is 6.07 Å². The standard InChI is InChI=1S/C11H8ClNO2/c12-7-10(14)11-6-9(13-15-11)8-4-2-1-3-5-8/h1-6H,7H2. The van der Waals surface area contributed by atoms with Crippen LogP contribution in [0.2, 0.25) is 0 Å². The molecular weight excluding hydrogens is 214 g/mol. The third-order valence-electron chi connectivity index (χ3n) is 1.98. The summed E-state index contributed by atoms with van der Waals surface area (Å²) < 4.78 is 4.89. The Morgan fingerprint density at radius 2 is 2.07 bits per heavy atom. The molecule has 15 heavy (non-hydrogen) atoms. The summed E-state index contributed by atoms with van der Waals surface area (Å²) in [5.74, 6) is -0.154. The summed E-state index contributed by atoms with van der Waals surface area (Å²) in [5.41, 5.74) is 1.55. The van der Waals surface area contributed by atoms with Crippen molar-refractivity contribution in [2.45, 2.75) is 0 Å². The van der Waals surface area contributed by atoms with Crippen LogP contribution in [-0.4, -0.2) is 16.8 Å². The number of nitrogens with zero attached hydrogens (tertiary/aromatic N) is 1. The molecule has 0 aliphatic heterocycles. The Bertz CT molecular complexity index is 464. The lowest BCUT2D eigenvalue weighted by molar-refractivity contribution is 0.0982. The molecular formula is C11H8ClNO2. The van der Waals surface area contributed by atoms with Crippen LogP contribution in [0.1, 0.15) is 10.6 Å². The van der Waals surface area contributed by atoms with E-state index in [-0.39, 0.29) is 17.4 Å². The lowest BCUT2D eigenvalue weighted by atomic mass is 10.1. The summed E-state index contributed by atoms with van der Waals surface area (Å²) in [6, 6.07) is 11.1. The Morgan fingerprint density at radius 3 is 2.73 bits per heavy atom. The fourth-order valence-corrected chi connectivity index (χ4v) is 1.35. The van der Waals surface area contributed by atoms with Crippen LogP contribution in [0.15, 0.2) is 40.9 Å². The van der Waals surface area contributed by atoms with Gasteiger partial charge in [-0.1, -0.05) is 35.5 Å². The summed E-state index contributed by atoms with van der Waals surface area (Å²) in [7, 11) is 0. The van der Waals surface area contributed by atoms with Gasteiger partial charge in [-0.05, 0) is 0 Å². The molecule has 2 rings (SSSR count). The van der Waals surface area contributed by atoms with Crippen molar-refractivity contribution in [3.8, 4) is 11.3 Å². The Hall–Kier alpha value is -1.61. The van der Waals surface area contributed by atoms with E-state index in [1.807, 2.05) is 30.3 Å². The molecule has 0 spiro atoms. The minimum atomic E-state index is -0.258. The number of halogens is 1. The van der Waals surface area contributed by atoms with Crippen LogP contribution in [0, 0.1) is 0 Å². The van der Waals surface area contributed by atoms with Crippen LogP contribution >= 0.6 is 11.6 Å². The van der Waals surface area contributed by atoms with Crippen molar-refractivity contribution in [2.24, 2.45) is 0 Å². The third kappa shape index (κ3) is 2.07. The van der Waals surface area contributed by atoms with Crippen molar-refractivity contribution < 1.29 is 9.32 Å². The highest BCUT2D eigenvalue weighted by atomic mass is 35.5. The summed E-state index contributed by atoms with van der Waals surface area (Å²) in [4.78, 5) is 11.2. The second kappa shape index (κ2) is 4.28. The molecule has 0 radical (unpaired) electrons. The van der Waals surface area contributed by atoms with Gasteiger partial charge in [-0.25, -0.2) is 0 Å². The van der Waals surface area contributed by atoms with E-state index in [1.165, 1.54) is 0 Å². The maximum atomic E-state index is 11.2. The topological polar surface area (TPSA) is 43.1 Å². The molecule has 0 unspecified atom stereocenters. The van der Waals surface area contributed by atoms with Gasteiger partial charge in [0.2, 0.25) is 11.5 Å². The number of carbonyl (C=O) groups excluding carboxylic acids is 1. The predicted octanol–water partition coefficient (Wildman–Crippen LogP) is 2.76. The Balaban J connectivity index is 2.32. The first kappa shape index (κ1) is 9.93. The Kier molecular flexibility index (Phi) is 2.83. The van der Waals surface area contributed by atoms with Gasteiger partial charge in [0.1, 0.15) is 5.69 Å². The largest absolute Gasteiger partial charge is 0.352 e. The second-order valence-electron chi connectivity index (χ2n) is 3.00. The van der Waals surface area contributed by atoms with Crippen molar-refractivity contribution in [3.63, 3.8) is 0 Å². The van der Waals surface area contributed by atoms with Gasteiger partial charge in [-0.3, -0.25) is 4.79 Å². The molecule has 0 aliphatic rings. The normalized spacial score (nSPS) is 10.2. The smallest absolute Gasteiger partial charge is 0.215 e. The van der Waals surface area contributed by atoms with Gasteiger partial charge >= 0.3 is 0 Å². The number of rotatable bonds is 3. The average Bonchev–Trinajstić information content (AvgIpc) is 2.78. The van der Waals surface area contributed by atoms with Crippen LogP contribution in [0.4, 0.5) is 0 Å². The fraction of sp³-hybridized carbons (Fsp3) is 0.0909. The second-order valence-corrected chi connectivity index (χ2v) is 3.27. The molecule has 0 saturated heterocycles. The molecule has 0 amide bonds. The number of carbonyl (C=O) groups is 1. The number of hydrogen-bond donors (Lipinski definition) is 0. The highest BCUT2D eigenvalue weighted by Gasteiger charge is 2.12. The summed E-state index contributed by atoms with van der Waals surface area (Å²) in [6.07, 6.45) is 0. The van der Waals surface area contributed by atoms with E-state index in [4.69, 9.17) is 16.1 Å². The van der Waals surface area contributed by atoms with Gasteiger partial charge in [0.25, 0.3) is 0 Å². The molecule has 0 saturated carbocycles. The van der Waals surface area contributed by atoms with Gasteiger partial charge in [0.05, 0.1) is 5.88 Å². The first-order valence-electron chi connectivity index (χ1n) is 4.42. The van der Waals surface area contributed by atoms with Crippen molar-refractivity contribution in [1.82, 2.24) is 5.16 Å². The zero-order valence-corrected chi connectivity index (χ0v) is 8.57. The molecule has 1 aromatic carbocycles. The molecule has 76 valence electrons. The van der Waals surface area contributed by atoms with Gasteiger partial charge in [0, 0.05) is 11.6 Å². The molecule has 1 aromatic heterocycles. The SMILES string of the molecule is O=C(CCl)c1cc(-c2ccccc2)no1. The molecule has 0 fully saturated rings. The number of benzene rings is 1. The summed E-state index contributed by atoms with van der Waals surface area (Å²) in [5, 5.41) is 3.80. The van der Waals surface area contributed by atoms with Crippen molar-refractivity contribution in [2.75, 3.05) is 5.88 Å². The van der Waals surface area contributed by atoms with E-state index in [9.17, 15) is 4.79 Å².